The number of rotatable bonds is 2. The van der Waals surface area contributed by atoms with Crippen LogP contribution < -0.4 is 17.0 Å². The van der Waals surface area contributed by atoms with Crippen molar-refractivity contribution in [1.29, 1.82) is 0 Å². The highest BCUT2D eigenvalue weighted by atomic mass is 19.1. The van der Waals surface area contributed by atoms with E-state index < -0.39 is 36.4 Å². The largest absolute Gasteiger partial charge is 0.394 e. The molecule has 8 heteroatoms. The van der Waals surface area contributed by atoms with Crippen LogP contribution in [0.3, 0.4) is 0 Å². The van der Waals surface area contributed by atoms with Crippen LogP contribution in [0.15, 0.2) is 15.8 Å². The topological polar surface area (TPSA) is 110 Å². The zero-order chi connectivity index (χ0) is 12.6. The maximum absolute atomic E-state index is 13.3. The smallest absolute Gasteiger partial charge is 0.330 e. The standard InChI is InChI=1S/C9H12FN3O4/c10-4-1-7(17-6(4)3-14)13-2-5(11)8(15)12-9(13)16/h2,4,6-7,14H,1,3,11H2,(H,12,15,16)/t4-,6+,7+/m0/s1. The second kappa shape index (κ2) is 4.30. The second-order valence-corrected chi connectivity index (χ2v) is 3.81. The number of aromatic amines is 1. The SMILES string of the molecule is Nc1cn([C@H]2C[C@H](F)[C@@H](CO)O2)c(=O)[nH]c1=O. The molecule has 1 fully saturated rings. The number of hydrogen-bond acceptors (Lipinski definition) is 5. The number of anilines is 1. The highest BCUT2D eigenvalue weighted by molar-refractivity contribution is 5.30. The van der Waals surface area contributed by atoms with Crippen LogP contribution in [0, 0.1) is 0 Å². The normalized spacial score (nSPS) is 28.5. The molecule has 1 saturated heterocycles. The van der Waals surface area contributed by atoms with Gasteiger partial charge in [-0.05, 0) is 0 Å². The van der Waals surface area contributed by atoms with E-state index >= 15 is 0 Å². The first kappa shape index (κ1) is 11.8. The van der Waals surface area contributed by atoms with Crippen molar-refractivity contribution >= 4 is 5.69 Å². The van der Waals surface area contributed by atoms with Crippen LogP contribution in [0.5, 0.6) is 0 Å². The average Bonchev–Trinajstić information content (AvgIpc) is 2.65. The average molecular weight is 245 g/mol. The maximum atomic E-state index is 13.3. The molecule has 0 amide bonds. The van der Waals surface area contributed by atoms with Crippen molar-refractivity contribution in [2.45, 2.75) is 24.9 Å². The van der Waals surface area contributed by atoms with E-state index in [1.807, 2.05) is 4.98 Å². The number of ether oxygens (including phenoxy) is 1. The number of alkyl halides is 1. The third-order valence-electron chi connectivity index (χ3n) is 2.65. The molecule has 0 aromatic carbocycles. The fourth-order valence-electron chi connectivity index (χ4n) is 1.74. The minimum absolute atomic E-state index is 0.0728. The Kier molecular flexibility index (Phi) is 2.99. The second-order valence-electron chi connectivity index (χ2n) is 3.81. The van der Waals surface area contributed by atoms with E-state index in [0.717, 1.165) is 10.8 Å². The number of aromatic nitrogens is 2. The third-order valence-corrected chi connectivity index (χ3v) is 2.65. The Hall–Kier alpha value is -1.67. The highest BCUT2D eigenvalue weighted by Crippen LogP contribution is 2.29. The Balaban J connectivity index is 2.34. The number of nitrogens with zero attached hydrogens (tertiary/aromatic N) is 1. The van der Waals surface area contributed by atoms with Gasteiger partial charge < -0.3 is 15.6 Å². The molecule has 1 aromatic heterocycles. The van der Waals surface area contributed by atoms with Gasteiger partial charge >= 0.3 is 5.69 Å². The number of nitrogens with one attached hydrogen (secondary N) is 1. The summed E-state index contributed by atoms with van der Waals surface area (Å²) < 4.78 is 19.5. The Morgan fingerprint density at radius 2 is 2.35 bits per heavy atom. The molecule has 3 atom stereocenters. The van der Waals surface area contributed by atoms with Crippen LogP contribution >= 0.6 is 0 Å². The number of aliphatic hydroxyl groups is 1. The first-order chi connectivity index (χ1) is 8.02. The molecular weight excluding hydrogens is 233 g/mol. The van der Waals surface area contributed by atoms with Crippen molar-refractivity contribution in [3.8, 4) is 0 Å². The van der Waals surface area contributed by atoms with Crippen molar-refractivity contribution in [3.63, 3.8) is 0 Å². The van der Waals surface area contributed by atoms with Gasteiger partial charge in [-0.3, -0.25) is 14.3 Å². The Labute approximate surface area is 94.6 Å². The van der Waals surface area contributed by atoms with Crippen LogP contribution in [0.4, 0.5) is 10.1 Å². The van der Waals surface area contributed by atoms with Gasteiger partial charge in [-0.1, -0.05) is 0 Å². The van der Waals surface area contributed by atoms with Gasteiger partial charge in [0, 0.05) is 12.6 Å². The van der Waals surface area contributed by atoms with Crippen LogP contribution in [0.25, 0.3) is 0 Å². The molecule has 1 aliphatic heterocycles. The van der Waals surface area contributed by atoms with E-state index in [2.05, 4.69) is 0 Å². The van der Waals surface area contributed by atoms with Gasteiger partial charge in [-0.2, -0.15) is 0 Å². The molecule has 0 radical (unpaired) electrons. The van der Waals surface area contributed by atoms with E-state index in [9.17, 15) is 14.0 Å². The summed E-state index contributed by atoms with van der Waals surface area (Å²) in [7, 11) is 0. The lowest BCUT2D eigenvalue weighted by Gasteiger charge is -2.14. The van der Waals surface area contributed by atoms with E-state index in [1.54, 1.807) is 0 Å². The van der Waals surface area contributed by atoms with Gasteiger partial charge in [0.25, 0.3) is 5.56 Å². The molecule has 1 aliphatic rings. The molecular formula is C9H12FN3O4. The molecule has 17 heavy (non-hydrogen) atoms. The Morgan fingerprint density at radius 1 is 1.65 bits per heavy atom. The number of aliphatic hydroxyl groups excluding tert-OH is 1. The molecule has 0 aliphatic carbocycles. The number of nitrogen functional groups attached to an aromatic ring is 1. The third kappa shape index (κ3) is 2.08. The molecule has 7 nitrogen and oxygen atoms in total. The monoisotopic (exact) mass is 245 g/mol. The van der Waals surface area contributed by atoms with Crippen molar-refractivity contribution in [3.05, 3.63) is 27.0 Å². The van der Waals surface area contributed by atoms with Gasteiger partial charge in [0.2, 0.25) is 0 Å². The summed E-state index contributed by atoms with van der Waals surface area (Å²) >= 11 is 0. The molecule has 0 unspecified atom stereocenters. The van der Waals surface area contributed by atoms with Crippen molar-refractivity contribution in [2.75, 3.05) is 12.3 Å². The zero-order valence-corrected chi connectivity index (χ0v) is 8.80. The molecule has 4 N–H and O–H groups in total. The molecule has 2 heterocycles. The lowest BCUT2D eigenvalue weighted by molar-refractivity contribution is -0.0355. The lowest BCUT2D eigenvalue weighted by atomic mass is 10.2. The van der Waals surface area contributed by atoms with Crippen molar-refractivity contribution in [2.24, 2.45) is 0 Å². The summed E-state index contributed by atoms with van der Waals surface area (Å²) in [5.41, 5.74) is 3.78. The summed E-state index contributed by atoms with van der Waals surface area (Å²) in [6.07, 6.45) is -2.14. The van der Waals surface area contributed by atoms with Crippen molar-refractivity contribution < 1.29 is 14.2 Å². The number of nitrogens with two attached hydrogens (primary N) is 1. The number of halogens is 1. The molecule has 0 bridgehead atoms. The first-order valence-electron chi connectivity index (χ1n) is 5.04. The Bertz CT molecular complexity index is 526. The number of H-pyrrole nitrogens is 1. The zero-order valence-electron chi connectivity index (χ0n) is 8.80. The fraction of sp³-hybridized carbons (Fsp3) is 0.556. The molecule has 2 rings (SSSR count). The minimum Gasteiger partial charge on any atom is -0.394 e. The van der Waals surface area contributed by atoms with Gasteiger partial charge in [-0.15, -0.1) is 0 Å². The van der Waals surface area contributed by atoms with Gasteiger partial charge in [0.1, 0.15) is 24.2 Å². The van der Waals surface area contributed by atoms with E-state index in [4.69, 9.17) is 15.6 Å². The summed E-state index contributed by atoms with van der Waals surface area (Å²) in [6, 6.07) is 0. The van der Waals surface area contributed by atoms with E-state index in [-0.39, 0.29) is 12.1 Å². The van der Waals surface area contributed by atoms with Crippen LogP contribution in [0.1, 0.15) is 12.6 Å². The summed E-state index contributed by atoms with van der Waals surface area (Å²) in [5, 5.41) is 8.83. The minimum atomic E-state index is -1.36. The maximum Gasteiger partial charge on any atom is 0.330 e. The van der Waals surface area contributed by atoms with Crippen LogP contribution in [-0.2, 0) is 4.74 Å². The lowest BCUT2D eigenvalue weighted by Crippen LogP contribution is -2.33. The van der Waals surface area contributed by atoms with E-state index in [0.29, 0.717) is 0 Å². The Morgan fingerprint density at radius 3 is 2.94 bits per heavy atom. The summed E-state index contributed by atoms with van der Waals surface area (Å²) in [5.74, 6) is 0. The van der Waals surface area contributed by atoms with Gasteiger partial charge in [0.05, 0.1) is 6.61 Å². The fourth-order valence-corrected chi connectivity index (χ4v) is 1.74. The van der Waals surface area contributed by atoms with Crippen LogP contribution in [0.2, 0.25) is 0 Å². The quantitative estimate of drug-likeness (QED) is 0.602. The molecule has 1 aromatic rings. The molecule has 0 spiro atoms. The van der Waals surface area contributed by atoms with E-state index in [1.165, 1.54) is 0 Å². The van der Waals surface area contributed by atoms with Gasteiger partial charge in [-0.25, -0.2) is 9.18 Å². The molecule has 94 valence electrons. The highest BCUT2D eigenvalue weighted by Gasteiger charge is 2.36. The molecule has 0 saturated carbocycles. The summed E-state index contributed by atoms with van der Waals surface area (Å²) in [4.78, 5) is 24.5. The van der Waals surface area contributed by atoms with Gasteiger partial charge in [0.15, 0.2) is 0 Å². The first-order valence-corrected chi connectivity index (χ1v) is 5.04. The number of hydrogen-bond donors (Lipinski definition) is 3. The predicted molar refractivity (Wildman–Crippen MR) is 56.2 cm³/mol. The predicted octanol–water partition coefficient (Wildman–Crippen LogP) is -1.26. The summed E-state index contributed by atoms with van der Waals surface area (Å²) in [6.45, 7) is -0.467. The van der Waals surface area contributed by atoms with Crippen molar-refractivity contribution in [1.82, 2.24) is 9.55 Å². The van der Waals surface area contributed by atoms with Crippen LogP contribution in [-0.4, -0.2) is 33.5 Å².